The van der Waals surface area contributed by atoms with Gasteiger partial charge >= 0.3 is 0 Å². The molecular formula is C7H15N3O4. The first-order valence-corrected chi connectivity index (χ1v) is 4.32. The molecule has 0 saturated heterocycles. The fraction of sp³-hybridized carbons (Fsp3) is 0.857. The summed E-state index contributed by atoms with van der Waals surface area (Å²) < 4.78 is 10.3. The minimum Gasteiger partial charge on any atom is -0.394 e. The fourth-order valence-corrected chi connectivity index (χ4v) is 1.06. The zero-order valence-electron chi connectivity index (χ0n) is 7.72. The number of nitrogens with one attached hydrogen (secondary N) is 1. The zero-order valence-corrected chi connectivity index (χ0v) is 7.72. The van der Waals surface area contributed by atoms with Crippen LogP contribution >= 0.6 is 0 Å². The van der Waals surface area contributed by atoms with Gasteiger partial charge in [0.2, 0.25) is 0 Å². The van der Waals surface area contributed by atoms with Crippen LogP contribution in [0, 0.1) is 0 Å². The molecule has 1 heterocycles. The summed E-state index contributed by atoms with van der Waals surface area (Å²) in [5.41, 5.74) is 5.41. The Morgan fingerprint density at radius 2 is 1.93 bits per heavy atom. The van der Waals surface area contributed by atoms with Crippen molar-refractivity contribution in [1.29, 1.82) is 0 Å². The summed E-state index contributed by atoms with van der Waals surface area (Å²) in [5.74, 6) is 0.232. The van der Waals surface area contributed by atoms with Gasteiger partial charge in [-0.2, -0.15) is 0 Å². The molecule has 1 rings (SSSR count). The highest BCUT2D eigenvalue weighted by Gasteiger charge is 2.28. The lowest BCUT2D eigenvalue weighted by molar-refractivity contribution is -0.0793. The quantitative estimate of drug-likeness (QED) is 0.384. The predicted molar refractivity (Wildman–Crippen MR) is 48.4 cm³/mol. The molecule has 0 aliphatic carbocycles. The average molecular weight is 205 g/mol. The Balaban J connectivity index is 2.34. The van der Waals surface area contributed by atoms with E-state index in [1.165, 1.54) is 0 Å². The monoisotopic (exact) mass is 205 g/mol. The van der Waals surface area contributed by atoms with Crippen LogP contribution in [0.5, 0.6) is 0 Å². The van der Waals surface area contributed by atoms with Crippen molar-refractivity contribution in [3.05, 3.63) is 0 Å². The first-order valence-electron chi connectivity index (χ1n) is 4.32. The maximum Gasteiger partial charge on any atom is 0.196 e. The Labute approximate surface area is 81.5 Å². The van der Waals surface area contributed by atoms with Gasteiger partial charge in [0.25, 0.3) is 0 Å². The molecule has 5 N–H and O–H groups in total. The molecule has 2 atom stereocenters. The van der Waals surface area contributed by atoms with Crippen LogP contribution < -0.4 is 11.1 Å². The number of rotatable bonds is 6. The zero-order chi connectivity index (χ0) is 10.4. The summed E-state index contributed by atoms with van der Waals surface area (Å²) >= 11 is 0. The molecule has 7 nitrogen and oxygen atoms in total. The van der Waals surface area contributed by atoms with E-state index in [9.17, 15) is 0 Å². The first-order chi connectivity index (χ1) is 6.77. The van der Waals surface area contributed by atoms with E-state index in [4.69, 9.17) is 25.4 Å². The highest BCUT2D eigenvalue weighted by molar-refractivity contribution is 5.79. The van der Waals surface area contributed by atoms with Gasteiger partial charge in [-0.15, -0.1) is 0 Å². The molecule has 0 saturated carbocycles. The van der Waals surface area contributed by atoms with Gasteiger partial charge in [0.05, 0.1) is 26.4 Å². The minimum absolute atomic E-state index is 0.0786. The van der Waals surface area contributed by atoms with Crippen LogP contribution in [0.1, 0.15) is 0 Å². The third kappa shape index (κ3) is 3.11. The Hall–Kier alpha value is -0.890. The lowest BCUT2D eigenvalue weighted by atomic mass is 10.5. The number of aliphatic hydroxyl groups excluding tert-OH is 2. The predicted octanol–water partition coefficient (Wildman–Crippen LogP) is -2.43. The molecule has 0 aromatic rings. The summed E-state index contributed by atoms with van der Waals surface area (Å²) in [6, 6.07) is 0. The molecule has 0 radical (unpaired) electrons. The molecule has 1 aliphatic rings. The number of hydrogen-bond donors (Lipinski definition) is 4. The number of hydrogen-bond acceptors (Lipinski definition) is 7. The van der Waals surface area contributed by atoms with Crippen LogP contribution in [0.15, 0.2) is 4.99 Å². The Morgan fingerprint density at radius 3 is 2.57 bits per heavy atom. The number of nitrogens with two attached hydrogens (primary N) is 1. The Bertz CT molecular complexity index is 199. The van der Waals surface area contributed by atoms with E-state index in [0.29, 0.717) is 0 Å². The van der Waals surface area contributed by atoms with Crippen LogP contribution in [0.3, 0.4) is 0 Å². The molecule has 0 unspecified atom stereocenters. The number of aliphatic hydroxyl groups is 2. The summed E-state index contributed by atoms with van der Waals surface area (Å²) in [6.45, 7) is 0.186. The van der Waals surface area contributed by atoms with Crippen LogP contribution in [-0.4, -0.2) is 55.1 Å². The molecule has 0 fully saturated rings. The summed E-state index contributed by atoms with van der Waals surface area (Å²) in [5, 5.41) is 19.8. The topological polar surface area (TPSA) is 109 Å². The van der Waals surface area contributed by atoms with Gasteiger partial charge in [0.1, 0.15) is 0 Å². The van der Waals surface area contributed by atoms with E-state index in [2.05, 4.69) is 10.3 Å². The van der Waals surface area contributed by atoms with Gasteiger partial charge in [-0.05, 0) is 0 Å². The van der Waals surface area contributed by atoms with Crippen molar-refractivity contribution in [2.45, 2.75) is 12.5 Å². The van der Waals surface area contributed by atoms with E-state index in [1.807, 2.05) is 0 Å². The Morgan fingerprint density at radius 1 is 1.29 bits per heavy atom. The molecule has 0 aromatic heterocycles. The highest BCUT2D eigenvalue weighted by Crippen LogP contribution is 2.08. The third-order valence-electron chi connectivity index (χ3n) is 1.58. The fourth-order valence-electron chi connectivity index (χ4n) is 1.06. The molecule has 82 valence electrons. The molecule has 0 bridgehead atoms. The molecule has 14 heavy (non-hydrogen) atoms. The standard InChI is InChI=1S/C7H15N3O4/c8-7-9-5(13-3-1-11)6(10-7)14-4-2-12/h5-6,11-12H,1-4H2,(H3,8,9,10)/t5-,6-/m0/s1. The molecular weight excluding hydrogens is 190 g/mol. The first kappa shape index (κ1) is 11.2. The number of nitrogens with zero attached hydrogens (tertiary/aromatic N) is 1. The second-order valence-electron chi connectivity index (χ2n) is 2.66. The van der Waals surface area contributed by atoms with Crippen LogP contribution in [0.4, 0.5) is 0 Å². The van der Waals surface area contributed by atoms with Crippen molar-refractivity contribution in [2.75, 3.05) is 26.4 Å². The maximum absolute atomic E-state index is 8.55. The van der Waals surface area contributed by atoms with Crippen molar-refractivity contribution in [2.24, 2.45) is 10.7 Å². The molecule has 0 aromatic carbocycles. The second kappa shape index (κ2) is 5.76. The van der Waals surface area contributed by atoms with E-state index < -0.39 is 12.5 Å². The largest absolute Gasteiger partial charge is 0.394 e. The number of ether oxygens (including phenoxy) is 2. The lowest BCUT2D eigenvalue weighted by Crippen LogP contribution is -2.41. The maximum atomic E-state index is 8.55. The van der Waals surface area contributed by atoms with E-state index in [0.717, 1.165) is 0 Å². The smallest absolute Gasteiger partial charge is 0.196 e. The van der Waals surface area contributed by atoms with Gasteiger partial charge in [0.15, 0.2) is 18.4 Å². The number of aliphatic imine (C=N–C) groups is 1. The molecule has 0 spiro atoms. The van der Waals surface area contributed by atoms with Crippen molar-refractivity contribution in [3.8, 4) is 0 Å². The molecule has 0 amide bonds. The van der Waals surface area contributed by atoms with E-state index in [1.54, 1.807) is 0 Å². The van der Waals surface area contributed by atoms with Gasteiger partial charge in [-0.3, -0.25) is 0 Å². The third-order valence-corrected chi connectivity index (χ3v) is 1.58. The Kier molecular flexibility index (Phi) is 4.60. The minimum atomic E-state index is -0.561. The van der Waals surface area contributed by atoms with Crippen LogP contribution in [0.25, 0.3) is 0 Å². The summed E-state index contributed by atoms with van der Waals surface area (Å²) in [4.78, 5) is 3.90. The molecule has 1 aliphatic heterocycles. The number of guanidine groups is 1. The summed E-state index contributed by atoms with van der Waals surface area (Å²) in [7, 11) is 0. The SMILES string of the molecule is NC1=N[C@@H](OCCO)[C@H](OCCO)N1. The van der Waals surface area contributed by atoms with E-state index in [-0.39, 0.29) is 32.4 Å². The van der Waals surface area contributed by atoms with Crippen LogP contribution in [-0.2, 0) is 9.47 Å². The van der Waals surface area contributed by atoms with E-state index >= 15 is 0 Å². The normalized spacial score (nSPS) is 26.0. The van der Waals surface area contributed by atoms with Crippen LogP contribution in [0.2, 0.25) is 0 Å². The molecule has 7 heteroatoms. The average Bonchev–Trinajstić information content (AvgIpc) is 2.52. The lowest BCUT2D eigenvalue weighted by Gasteiger charge is -2.18. The van der Waals surface area contributed by atoms with Crippen molar-refractivity contribution in [1.82, 2.24) is 5.32 Å². The van der Waals surface area contributed by atoms with Gasteiger partial charge in [0, 0.05) is 0 Å². The second-order valence-corrected chi connectivity index (χ2v) is 2.66. The highest BCUT2D eigenvalue weighted by atomic mass is 16.6. The van der Waals surface area contributed by atoms with Gasteiger partial charge in [-0.25, -0.2) is 4.99 Å². The van der Waals surface area contributed by atoms with Gasteiger partial charge < -0.3 is 30.7 Å². The van der Waals surface area contributed by atoms with Gasteiger partial charge in [-0.1, -0.05) is 0 Å². The van der Waals surface area contributed by atoms with Crippen molar-refractivity contribution < 1.29 is 19.7 Å². The van der Waals surface area contributed by atoms with Crippen molar-refractivity contribution in [3.63, 3.8) is 0 Å². The summed E-state index contributed by atoms with van der Waals surface area (Å²) in [6.07, 6.45) is -1.05. The van der Waals surface area contributed by atoms with Crippen molar-refractivity contribution >= 4 is 5.96 Å².